The van der Waals surface area contributed by atoms with Crippen LogP contribution in [-0.2, 0) is 4.84 Å². The van der Waals surface area contributed by atoms with Crippen molar-refractivity contribution in [2.24, 2.45) is 0 Å². The molecule has 0 spiro atoms. The van der Waals surface area contributed by atoms with Gasteiger partial charge in [-0.25, -0.2) is 0 Å². The molecule has 0 aliphatic carbocycles. The number of aliphatic hydroxyl groups excluding tert-OH is 1. The molecule has 104 valence electrons. The molecule has 0 aromatic heterocycles. The Hall–Kier alpha value is -1.72. The van der Waals surface area contributed by atoms with Gasteiger partial charge in [-0.15, -0.1) is 20.2 Å². The van der Waals surface area contributed by atoms with Gasteiger partial charge in [-0.05, 0) is 14.1 Å². The van der Waals surface area contributed by atoms with Gasteiger partial charge in [0.1, 0.15) is 6.61 Å². The zero-order valence-electron chi connectivity index (χ0n) is 9.66. The molecule has 11 nitrogen and oxygen atoms in total. The first kappa shape index (κ1) is 20.7. The highest BCUT2D eigenvalue weighted by Gasteiger charge is 1.89. The molecule has 0 unspecified atom stereocenters. The van der Waals surface area contributed by atoms with Gasteiger partial charge in [0, 0.05) is 13.1 Å². The molecule has 0 amide bonds. The number of aliphatic hydroxyl groups is 1. The van der Waals surface area contributed by atoms with E-state index in [1.54, 1.807) is 14.1 Å². The molecule has 11 heteroatoms. The van der Waals surface area contributed by atoms with Crippen molar-refractivity contribution < 1.29 is 25.3 Å². The van der Waals surface area contributed by atoms with Gasteiger partial charge in [-0.2, -0.15) is 0 Å². The van der Waals surface area contributed by atoms with Crippen molar-refractivity contribution >= 4 is 0 Å². The van der Waals surface area contributed by atoms with E-state index in [4.69, 9.17) is 20.4 Å². The second-order valence-corrected chi connectivity index (χ2v) is 2.23. The number of nitrogens with zero attached hydrogens (tertiary/aromatic N) is 2. The van der Waals surface area contributed by atoms with E-state index in [1.165, 1.54) is 0 Å². The van der Waals surface area contributed by atoms with Gasteiger partial charge in [0.05, 0.1) is 6.61 Å². The lowest BCUT2D eigenvalue weighted by atomic mass is 10.7. The van der Waals surface area contributed by atoms with Gasteiger partial charge in [-0.1, -0.05) is 0 Å². The summed E-state index contributed by atoms with van der Waals surface area (Å²) in [6, 6.07) is 0. The molecular weight excluding hydrogens is 240 g/mol. The van der Waals surface area contributed by atoms with Crippen molar-refractivity contribution in [3.05, 3.63) is 20.2 Å². The average Bonchev–Trinajstić information content (AvgIpc) is 2.19. The third-order valence-electron chi connectivity index (χ3n) is 0.911. The Kier molecular flexibility index (Phi) is 24.1. The maximum Gasteiger partial charge on any atom is 0.294 e. The van der Waals surface area contributed by atoms with Gasteiger partial charge in [-0.3, -0.25) is 0 Å². The summed E-state index contributed by atoms with van der Waals surface area (Å²) in [5.41, 5.74) is 0. The van der Waals surface area contributed by atoms with Crippen molar-refractivity contribution in [1.29, 1.82) is 0 Å². The number of likely N-dealkylation sites (N-methyl/N-ethyl adjacent to an activating group) is 2. The Morgan fingerprint density at radius 3 is 1.76 bits per heavy atom. The maximum absolute atomic E-state index is 9.43. The van der Waals surface area contributed by atoms with Crippen LogP contribution < -0.4 is 10.6 Å². The Morgan fingerprint density at radius 2 is 1.59 bits per heavy atom. The van der Waals surface area contributed by atoms with Gasteiger partial charge in [0.2, 0.25) is 0 Å². The molecule has 0 bridgehead atoms. The molecule has 0 aliphatic rings. The minimum Gasteiger partial charge on any atom is -0.395 e. The number of hydrogen-bond donors (Lipinski definition) is 4. The van der Waals surface area contributed by atoms with Crippen LogP contribution in [0.1, 0.15) is 0 Å². The van der Waals surface area contributed by atoms with Gasteiger partial charge in [0.15, 0.2) is 0 Å². The molecule has 0 saturated carbocycles. The van der Waals surface area contributed by atoms with Crippen LogP contribution in [-0.4, -0.2) is 60.9 Å². The summed E-state index contributed by atoms with van der Waals surface area (Å²) in [4.78, 5) is 21.7. The Morgan fingerprint density at radius 1 is 1.18 bits per heavy atom. The quantitative estimate of drug-likeness (QED) is 0.246. The first-order valence-electron chi connectivity index (χ1n) is 4.42. The summed E-state index contributed by atoms with van der Waals surface area (Å²) in [7, 11) is 3.50. The van der Waals surface area contributed by atoms with Crippen LogP contribution in [0.25, 0.3) is 0 Å². The molecule has 0 aromatic carbocycles. The maximum atomic E-state index is 9.43. The van der Waals surface area contributed by atoms with Crippen molar-refractivity contribution in [2.45, 2.75) is 0 Å². The van der Waals surface area contributed by atoms with Crippen LogP contribution in [0.5, 0.6) is 0 Å². The van der Waals surface area contributed by atoms with E-state index in [2.05, 4.69) is 15.5 Å². The number of hydrogen-bond acceptors (Lipinski definition) is 8. The lowest BCUT2D eigenvalue weighted by molar-refractivity contribution is -0.757. The summed E-state index contributed by atoms with van der Waals surface area (Å²) < 4.78 is 0. The normalized spacial score (nSPS) is 7.94. The first-order valence-corrected chi connectivity index (χ1v) is 4.42. The second kappa shape index (κ2) is 19.8. The number of rotatable bonds is 6. The third kappa shape index (κ3) is 77.2. The van der Waals surface area contributed by atoms with Gasteiger partial charge in [0.25, 0.3) is 10.2 Å². The Labute approximate surface area is 97.6 Å². The van der Waals surface area contributed by atoms with E-state index in [9.17, 15) is 10.1 Å². The van der Waals surface area contributed by atoms with Crippen molar-refractivity contribution in [3.8, 4) is 0 Å². The van der Waals surface area contributed by atoms with Crippen LogP contribution in [0.2, 0.25) is 0 Å². The standard InChI is InChI=1S/C3H8N2O3.C3H9NO.HNO3/c1-4-2-3-8-5(6)7;1-4-2-3-5;2-1(3)4/h4H,2-3H2,1H3;4-5H,2-3H2,1H3;(H,2,3,4). The summed E-state index contributed by atoms with van der Waals surface area (Å²) in [5, 5.41) is 35.7. The fourth-order valence-corrected chi connectivity index (χ4v) is 0.334. The lowest BCUT2D eigenvalue weighted by Crippen LogP contribution is -2.16. The summed E-state index contributed by atoms with van der Waals surface area (Å²) in [6.07, 6.45) is 0. The van der Waals surface area contributed by atoms with Crippen molar-refractivity contribution in [3.63, 3.8) is 0 Å². The molecule has 0 saturated heterocycles. The van der Waals surface area contributed by atoms with E-state index in [-0.39, 0.29) is 13.2 Å². The molecule has 4 N–H and O–H groups in total. The van der Waals surface area contributed by atoms with Gasteiger partial charge >= 0.3 is 0 Å². The molecule has 0 aliphatic heterocycles. The third-order valence-corrected chi connectivity index (χ3v) is 0.911. The monoisotopic (exact) mass is 258 g/mol. The van der Waals surface area contributed by atoms with Crippen molar-refractivity contribution in [1.82, 2.24) is 10.6 Å². The average molecular weight is 258 g/mol. The highest BCUT2D eigenvalue weighted by molar-refractivity contribution is 4.29. The molecule has 0 aromatic rings. The molecule has 0 heterocycles. The van der Waals surface area contributed by atoms with E-state index in [0.29, 0.717) is 13.1 Å². The highest BCUT2D eigenvalue weighted by atomic mass is 16.9. The smallest absolute Gasteiger partial charge is 0.294 e. The molecule has 0 radical (unpaired) electrons. The van der Waals surface area contributed by atoms with Crippen LogP contribution in [0, 0.1) is 20.2 Å². The molecule has 0 atom stereocenters. The molecule has 0 fully saturated rings. The fraction of sp³-hybridized carbons (Fsp3) is 1.00. The van der Waals surface area contributed by atoms with Crippen LogP contribution in [0.4, 0.5) is 0 Å². The van der Waals surface area contributed by atoms with Crippen LogP contribution >= 0.6 is 0 Å². The van der Waals surface area contributed by atoms with Gasteiger partial charge < -0.3 is 25.8 Å². The molecular formula is C6H18N4O7. The topological polar surface area (TPSA) is 160 Å². The lowest BCUT2D eigenvalue weighted by Gasteiger charge is -1.94. The summed E-state index contributed by atoms with van der Waals surface area (Å²) in [5.74, 6) is 0. The fourth-order valence-electron chi connectivity index (χ4n) is 0.334. The Bertz CT molecular complexity index is 174. The zero-order chi connectivity index (χ0) is 14.1. The molecule has 17 heavy (non-hydrogen) atoms. The second-order valence-electron chi connectivity index (χ2n) is 2.23. The van der Waals surface area contributed by atoms with E-state index < -0.39 is 10.2 Å². The number of nitrogens with one attached hydrogen (secondary N) is 2. The van der Waals surface area contributed by atoms with E-state index >= 15 is 0 Å². The first-order chi connectivity index (χ1) is 7.92. The predicted molar refractivity (Wildman–Crippen MR) is 56.7 cm³/mol. The summed E-state index contributed by atoms with van der Waals surface area (Å²) in [6.45, 7) is 1.54. The SMILES string of the molecule is CNCCO.CNCCO[N+](=O)[O-].O=[N+]([O-])O. The Balaban J connectivity index is -0.000000188. The minimum absolute atomic E-state index is 0.115. The van der Waals surface area contributed by atoms with Crippen LogP contribution in [0.3, 0.4) is 0 Å². The minimum atomic E-state index is -1.50. The largest absolute Gasteiger partial charge is 0.395 e. The summed E-state index contributed by atoms with van der Waals surface area (Å²) >= 11 is 0. The van der Waals surface area contributed by atoms with Crippen LogP contribution in [0.15, 0.2) is 0 Å². The van der Waals surface area contributed by atoms with Crippen molar-refractivity contribution in [2.75, 3.05) is 40.4 Å². The van der Waals surface area contributed by atoms with E-state index in [0.717, 1.165) is 0 Å². The zero-order valence-corrected chi connectivity index (χ0v) is 9.66. The highest BCUT2D eigenvalue weighted by Crippen LogP contribution is 1.69. The predicted octanol–water partition coefficient (Wildman–Crippen LogP) is -1.74. The van der Waals surface area contributed by atoms with E-state index in [1.807, 2.05) is 0 Å². The molecule has 0 rings (SSSR count).